The third-order valence-electron chi connectivity index (χ3n) is 10.4. The van der Waals surface area contributed by atoms with E-state index in [1.807, 2.05) is 0 Å². The highest BCUT2D eigenvalue weighted by Crippen LogP contribution is 2.53. The van der Waals surface area contributed by atoms with Gasteiger partial charge in [0.25, 0.3) is 0 Å². The van der Waals surface area contributed by atoms with E-state index in [0.29, 0.717) is 5.92 Å². The minimum atomic E-state index is 0.305. The van der Waals surface area contributed by atoms with Gasteiger partial charge in [-0.05, 0) is 65.9 Å². The molecule has 3 heterocycles. The Balaban J connectivity index is 1.36. The highest BCUT2D eigenvalue weighted by molar-refractivity contribution is 6.10. The van der Waals surface area contributed by atoms with E-state index in [1.165, 1.54) is 77.7 Å². The molecule has 224 valence electrons. The molecular formula is C44H33N3. The molecule has 1 aliphatic heterocycles. The zero-order valence-electron chi connectivity index (χ0n) is 26.3. The predicted octanol–water partition coefficient (Wildman–Crippen LogP) is 11.4. The SMILES string of the molecule is CC1CC=CC2=C1N(c1nc3ccccc3c3c1CCC=C3)c1ccccc1-c1c2c2ccccc2n1-c1ccc2ccccc2c1. The fourth-order valence-corrected chi connectivity index (χ4v) is 8.30. The fraction of sp³-hybridized carbons (Fsp3) is 0.114. The quantitative estimate of drug-likeness (QED) is 0.196. The molecule has 2 aromatic heterocycles. The molecule has 0 amide bonds. The Kier molecular flexibility index (Phi) is 5.74. The van der Waals surface area contributed by atoms with Crippen LogP contribution < -0.4 is 4.90 Å². The first-order valence-corrected chi connectivity index (χ1v) is 16.8. The van der Waals surface area contributed by atoms with Gasteiger partial charge in [0.15, 0.2) is 0 Å². The first-order valence-electron chi connectivity index (χ1n) is 16.8. The highest BCUT2D eigenvalue weighted by atomic mass is 15.2. The van der Waals surface area contributed by atoms with Crippen LogP contribution in [-0.2, 0) is 6.42 Å². The van der Waals surface area contributed by atoms with Crippen LogP contribution in [0.4, 0.5) is 11.5 Å². The summed E-state index contributed by atoms with van der Waals surface area (Å²) in [5.41, 5.74) is 13.6. The maximum atomic E-state index is 5.53. The van der Waals surface area contributed by atoms with Gasteiger partial charge < -0.3 is 4.57 Å². The Hall–Kier alpha value is -5.67. The van der Waals surface area contributed by atoms with Crippen LogP contribution in [0, 0.1) is 5.92 Å². The van der Waals surface area contributed by atoms with Crippen LogP contribution in [0.25, 0.3) is 61.2 Å². The number of benzene rings is 5. The molecule has 3 nitrogen and oxygen atoms in total. The Morgan fingerprint density at radius 2 is 1.51 bits per heavy atom. The van der Waals surface area contributed by atoms with Gasteiger partial charge in [-0.15, -0.1) is 0 Å². The van der Waals surface area contributed by atoms with Gasteiger partial charge in [0.05, 0.1) is 22.4 Å². The number of pyridine rings is 1. The van der Waals surface area contributed by atoms with Crippen LogP contribution in [0.3, 0.4) is 0 Å². The maximum Gasteiger partial charge on any atom is 0.141 e. The number of aromatic nitrogens is 2. The van der Waals surface area contributed by atoms with Crippen molar-refractivity contribution in [3.05, 3.63) is 156 Å². The van der Waals surface area contributed by atoms with Gasteiger partial charge in [0.2, 0.25) is 0 Å². The number of rotatable bonds is 2. The van der Waals surface area contributed by atoms with E-state index in [4.69, 9.17) is 4.98 Å². The standard InChI is InChI=1S/C44H33N3/c1-28-13-12-21-37-41-35-19-7-10-23-39(35)46(31-26-25-29-14-2-3-15-30(29)27-31)43(41)36-20-8-11-24-40(36)47(42(28)37)44-34-18-5-4-16-32(34)33-17-6-9-22-38(33)45-44/h2-4,6-12,14-17,19-28H,5,13,18H2,1H3. The number of para-hydroxylation sites is 3. The van der Waals surface area contributed by atoms with Crippen molar-refractivity contribution in [2.45, 2.75) is 26.2 Å². The number of hydrogen-bond donors (Lipinski definition) is 0. The summed E-state index contributed by atoms with van der Waals surface area (Å²) in [6.07, 6.45) is 12.4. The zero-order valence-corrected chi connectivity index (χ0v) is 26.3. The minimum Gasteiger partial charge on any atom is -0.309 e. The van der Waals surface area contributed by atoms with E-state index < -0.39 is 0 Å². The van der Waals surface area contributed by atoms with Crippen LogP contribution in [0.2, 0.25) is 0 Å². The Bertz CT molecular complexity index is 2520. The summed E-state index contributed by atoms with van der Waals surface area (Å²) in [4.78, 5) is 8.07. The molecule has 7 aromatic rings. The molecule has 0 N–H and O–H groups in total. The average molecular weight is 604 g/mol. The van der Waals surface area contributed by atoms with Crippen LogP contribution in [0.1, 0.15) is 36.5 Å². The fourth-order valence-electron chi connectivity index (χ4n) is 8.30. The third kappa shape index (κ3) is 3.83. The van der Waals surface area contributed by atoms with Crippen molar-refractivity contribution >= 4 is 55.7 Å². The maximum absolute atomic E-state index is 5.53. The Labute approximate surface area is 274 Å². The number of allylic oxidation sites excluding steroid dienone is 5. The van der Waals surface area contributed by atoms with E-state index >= 15 is 0 Å². The van der Waals surface area contributed by atoms with E-state index in [-0.39, 0.29) is 0 Å². The lowest BCUT2D eigenvalue weighted by Crippen LogP contribution is -2.26. The molecule has 3 aliphatic rings. The van der Waals surface area contributed by atoms with Gasteiger partial charge in [-0.25, -0.2) is 4.98 Å². The molecule has 5 aromatic carbocycles. The molecule has 0 bridgehead atoms. The van der Waals surface area contributed by atoms with E-state index in [2.05, 4.69) is 156 Å². The Morgan fingerprint density at radius 3 is 2.45 bits per heavy atom. The van der Waals surface area contributed by atoms with Gasteiger partial charge in [-0.3, -0.25) is 4.90 Å². The summed E-state index contributed by atoms with van der Waals surface area (Å²) in [5.74, 6) is 1.37. The summed E-state index contributed by atoms with van der Waals surface area (Å²) in [7, 11) is 0. The number of hydrogen-bond acceptors (Lipinski definition) is 2. The van der Waals surface area contributed by atoms with Crippen LogP contribution in [0.5, 0.6) is 0 Å². The van der Waals surface area contributed by atoms with E-state index in [0.717, 1.165) is 30.6 Å². The second kappa shape index (κ2) is 10.2. The van der Waals surface area contributed by atoms with Crippen molar-refractivity contribution in [3.63, 3.8) is 0 Å². The first-order chi connectivity index (χ1) is 23.3. The summed E-state index contributed by atoms with van der Waals surface area (Å²) in [6, 6.07) is 42.1. The normalized spacial score (nSPS) is 16.7. The summed E-state index contributed by atoms with van der Waals surface area (Å²) in [6.45, 7) is 2.38. The largest absolute Gasteiger partial charge is 0.309 e. The Morgan fingerprint density at radius 1 is 0.723 bits per heavy atom. The minimum absolute atomic E-state index is 0.305. The lowest BCUT2D eigenvalue weighted by Gasteiger charge is -2.35. The molecule has 3 heteroatoms. The molecule has 0 fully saturated rings. The van der Waals surface area contributed by atoms with Crippen molar-refractivity contribution in [2.75, 3.05) is 4.90 Å². The topological polar surface area (TPSA) is 21.1 Å². The average Bonchev–Trinajstić information content (AvgIpc) is 3.41. The van der Waals surface area contributed by atoms with Crippen LogP contribution in [0.15, 0.2) is 139 Å². The van der Waals surface area contributed by atoms with Gasteiger partial charge >= 0.3 is 0 Å². The second-order valence-electron chi connectivity index (χ2n) is 13.1. The van der Waals surface area contributed by atoms with E-state index in [9.17, 15) is 0 Å². The van der Waals surface area contributed by atoms with E-state index in [1.54, 1.807) is 0 Å². The lowest BCUT2D eigenvalue weighted by atomic mass is 9.87. The molecule has 47 heavy (non-hydrogen) atoms. The first kappa shape index (κ1) is 26.5. The van der Waals surface area contributed by atoms with Crippen molar-refractivity contribution in [2.24, 2.45) is 5.92 Å². The van der Waals surface area contributed by atoms with Gasteiger partial charge in [0.1, 0.15) is 5.82 Å². The van der Waals surface area contributed by atoms with Crippen LogP contribution >= 0.6 is 0 Å². The molecule has 2 aliphatic carbocycles. The van der Waals surface area contributed by atoms with Crippen molar-refractivity contribution in [3.8, 4) is 16.9 Å². The monoisotopic (exact) mass is 603 g/mol. The molecule has 0 spiro atoms. The number of fused-ring (bicyclic) bond motifs is 10. The number of nitrogens with zero attached hydrogens (tertiary/aromatic N) is 3. The van der Waals surface area contributed by atoms with Gasteiger partial charge in [-0.1, -0.05) is 116 Å². The summed E-state index contributed by atoms with van der Waals surface area (Å²) in [5, 5.41) is 5.00. The molecule has 1 atom stereocenters. The zero-order chi connectivity index (χ0) is 31.1. The predicted molar refractivity (Wildman–Crippen MR) is 197 cm³/mol. The van der Waals surface area contributed by atoms with Gasteiger partial charge in [0, 0.05) is 50.3 Å². The smallest absolute Gasteiger partial charge is 0.141 e. The molecule has 0 radical (unpaired) electrons. The van der Waals surface area contributed by atoms with Crippen molar-refractivity contribution in [1.29, 1.82) is 0 Å². The summed E-state index contributed by atoms with van der Waals surface area (Å²) < 4.78 is 2.50. The second-order valence-corrected chi connectivity index (χ2v) is 13.1. The lowest BCUT2D eigenvalue weighted by molar-refractivity contribution is 0.672. The van der Waals surface area contributed by atoms with Crippen LogP contribution in [-0.4, -0.2) is 9.55 Å². The molecule has 0 saturated carbocycles. The van der Waals surface area contributed by atoms with Crippen molar-refractivity contribution < 1.29 is 0 Å². The number of anilines is 2. The molecular weight excluding hydrogens is 571 g/mol. The van der Waals surface area contributed by atoms with Crippen molar-refractivity contribution in [1.82, 2.24) is 9.55 Å². The van der Waals surface area contributed by atoms with Gasteiger partial charge in [-0.2, -0.15) is 0 Å². The summed E-state index contributed by atoms with van der Waals surface area (Å²) >= 11 is 0. The molecule has 0 saturated heterocycles. The highest BCUT2D eigenvalue weighted by Gasteiger charge is 2.36. The molecule has 10 rings (SSSR count). The molecule has 1 unspecified atom stereocenters. The third-order valence-corrected chi connectivity index (χ3v) is 10.4.